The first kappa shape index (κ1) is 48.4. The third-order valence-electron chi connectivity index (χ3n) is 12.2. The Hall–Kier alpha value is 2.35. The standard InChI is InChI=1S/C30H52O12S3.3Na/c1-17(2)20(18(3)4)9-8-19(5)22-10-11-23-21-14-26(40-43(31,32)33)25-15-27(41-44(34,35)36)28(42-45(37,38)39)16-30(25,7)24(21)12-13-29(22,23)6;;;/h8-9,17-28H,10-16H2,1-7H3,(H,31,32,33)(H,34,35,36)(H,37,38,39);;;/q;3*+1/p-3/b9-8-;;;/t19-,21+,22-,23+,24+,25-,26+,27+,28+,29-,30-;;;/m1.../s1. The van der Waals surface area contributed by atoms with Crippen molar-refractivity contribution >= 4 is 31.2 Å². The Labute approximate surface area is 355 Å². The van der Waals surface area contributed by atoms with Gasteiger partial charge in [-0.05, 0) is 109 Å². The van der Waals surface area contributed by atoms with Gasteiger partial charge in [-0.25, -0.2) is 25.3 Å². The smallest absolute Gasteiger partial charge is 0.726 e. The second-order valence-electron chi connectivity index (χ2n) is 15.3. The molecule has 48 heavy (non-hydrogen) atoms. The van der Waals surface area contributed by atoms with E-state index in [2.05, 4.69) is 57.9 Å². The summed E-state index contributed by atoms with van der Waals surface area (Å²) in [6.45, 7) is 15.3. The van der Waals surface area contributed by atoms with E-state index >= 15 is 0 Å². The molecule has 0 aliphatic heterocycles. The van der Waals surface area contributed by atoms with Gasteiger partial charge in [-0.15, -0.1) is 0 Å². The van der Waals surface area contributed by atoms with Crippen molar-refractivity contribution in [1.29, 1.82) is 0 Å². The zero-order chi connectivity index (χ0) is 33.9. The molecule has 4 aliphatic carbocycles. The molecule has 0 N–H and O–H groups in total. The van der Waals surface area contributed by atoms with Gasteiger partial charge in [0.25, 0.3) is 0 Å². The predicted octanol–water partition coefficient (Wildman–Crippen LogP) is -4.47. The Kier molecular flexibility index (Phi) is 18.0. The number of fused-ring (bicyclic) bond motifs is 5. The summed E-state index contributed by atoms with van der Waals surface area (Å²) in [6, 6.07) is 0. The van der Waals surface area contributed by atoms with Crippen LogP contribution in [0.4, 0.5) is 0 Å². The minimum atomic E-state index is -5.35. The van der Waals surface area contributed by atoms with Crippen LogP contribution in [0.5, 0.6) is 0 Å². The van der Waals surface area contributed by atoms with Gasteiger partial charge in [0, 0.05) is 0 Å². The summed E-state index contributed by atoms with van der Waals surface area (Å²) < 4.78 is 120. The number of hydrogen-bond donors (Lipinski definition) is 0. The van der Waals surface area contributed by atoms with E-state index in [1.165, 1.54) is 0 Å². The van der Waals surface area contributed by atoms with Crippen molar-refractivity contribution in [2.45, 2.75) is 112 Å². The maximum absolute atomic E-state index is 11.9. The predicted molar refractivity (Wildman–Crippen MR) is 161 cm³/mol. The van der Waals surface area contributed by atoms with Gasteiger partial charge >= 0.3 is 88.7 Å². The molecule has 0 radical (unpaired) electrons. The fourth-order valence-corrected chi connectivity index (χ4v) is 12.1. The molecular formula is C30H49Na3O12S3. The van der Waals surface area contributed by atoms with Gasteiger partial charge in [-0.1, -0.05) is 60.6 Å². The summed E-state index contributed by atoms with van der Waals surface area (Å²) in [5.74, 6) is 1.38. The largest absolute Gasteiger partial charge is 1.00 e. The first-order valence-electron chi connectivity index (χ1n) is 16.1. The van der Waals surface area contributed by atoms with E-state index in [1.54, 1.807) is 0 Å². The first-order valence-corrected chi connectivity index (χ1v) is 20.1. The van der Waals surface area contributed by atoms with Gasteiger partial charge in [0.1, 0.15) is 12.2 Å². The Bertz CT molecular complexity index is 1430. The quantitative estimate of drug-likeness (QED) is 0.0848. The molecule has 0 aromatic carbocycles. The molecule has 0 aromatic heterocycles. The number of hydrogen-bond acceptors (Lipinski definition) is 12. The van der Waals surface area contributed by atoms with E-state index in [0.717, 1.165) is 25.7 Å². The molecule has 0 unspecified atom stereocenters. The van der Waals surface area contributed by atoms with Crippen LogP contribution in [0, 0.1) is 64.1 Å². The average molecular weight is 767 g/mol. The van der Waals surface area contributed by atoms with Gasteiger partial charge in [-0.3, -0.25) is 12.5 Å². The minimum Gasteiger partial charge on any atom is -0.726 e. The first-order chi connectivity index (χ1) is 20.4. The van der Waals surface area contributed by atoms with Crippen LogP contribution < -0.4 is 88.7 Å². The second kappa shape index (κ2) is 17.9. The molecule has 11 atom stereocenters. The molecule has 0 spiro atoms. The van der Waals surface area contributed by atoms with Crippen LogP contribution in [-0.2, 0) is 43.7 Å². The Morgan fingerprint density at radius 3 is 1.60 bits per heavy atom. The van der Waals surface area contributed by atoms with Crippen LogP contribution in [-0.4, -0.2) is 57.2 Å². The second-order valence-corrected chi connectivity index (χ2v) is 18.4. The van der Waals surface area contributed by atoms with Gasteiger partial charge < -0.3 is 13.7 Å². The Morgan fingerprint density at radius 1 is 0.625 bits per heavy atom. The number of allylic oxidation sites excluding steroid dienone is 2. The molecule has 4 aliphatic rings. The molecule has 0 bridgehead atoms. The molecule has 0 saturated heterocycles. The average Bonchev–Trinajstić information content (AvgIpc) is 3.19. The van der Waals surface area contributed by atoms with Crippen molar-refractivity contribution < 1.29 is 140 Å². The molecule has 12 nitrogen and oxygen atoms in total. The molecular weight excluding hydrogens is 717 g/mol. The molecule has 18 heteroatoms. The Balaban J connectivity index is 0.00000384. The molecule has 4 fully saturated rings. The van der Waals surface area contributed by atoms with Gasteiger partial charge in [0.15, 0.2) is 0 Å². The van der Waals surface area contributed by atoms with E-state index in [0.29, 0.717) is 29.6 Å². The van der Waals surface area contributed by atoms with Crippen molar-refractivity contribution in [2.75, 3.05) is 0 Å². The molecule has 4 rings (SSSR count). The van der Waals surface area contributed by atoms with Crippen molar-refractivity contribution in [3.63, 3.8) is 0 Å². The third kappa shape index (κ3) is 11.2. The molecule has 0 amide bonds. The van der Waals surface area contributed by atoms with Crippen molar-refractivity contribution in [3.8, 4) is 0 Å². The summed E-state index contributed by atoms with van der Waals surface area (Å²) in [5.41, 5.74) is -0.988. The number of rotatable bonds is 11. The minimum absolute atomic E-state index is 0. The topological polar surface area (TPSA) is 199 Å². The van der Waals surface area contributed by atoms with Crippen LogP contribution in [0.25, 0.3) is 0 Å². The van der Waals surface area contributed by atoms with Crippen LogP contribution in [0.1, 0.15) is 93.4 Å². The van der Waals surface area contributed by atoms with Crippen LogP contribution in [0.2, 0.25) is 0 Å². The van der Waals surface area contributed by atoms with Crippen LogP contribution in [0.15, 0.2) is 12.2 Å². The van der Waals surface area contributed by atoms with E-state index in [1.807, 2.05) is 6.92 Å². The molecule has 4 saturated carbocycles. The maximum Gasteiger partial charge on any atom is 1.00 e. The van der Waals surface area contributed by atoms with E-state index < -0.39 is 60.8 Å². The monoisotopic (exact) mass is 766 g/mol. The summed E-state index contributed by atoms with van der Waals surface area (Å²) in [5, 5.41) is 0. The van der Waals surface area contributed by atoms with Crippen LogP contribution in [0.3, 0.4) is 0 Å². The third-order valence-corrected chi connectivity index (χ3v) is 13.7. The SMILES string of the molecule is CC(C)C(/C=C\[C@@H](C)[C@H]1CC[C@H]2[C@@H]3C[C@H](OS(=O)(=O)[O-])[C@H]4C[C@H](OS(=O)(=O)[O-])[C@@H](OS(=O)(=O)[O-])C[C@]4(C)[C@H]3CC[C@]12C)C(C)C.[Na+].[Na+].[Na+]. The molecule has 0 heterocycles. The maximum atomic E-state index is 11.9. The van der Waals surface area contributed by atoms with Crippen molar-refractivity contribution in [3.05, 3.63) is 12.2 Å². The van der Waals surface area contributed by atoms with Gasteiger partial charge in [0.2, 0.25) is 31.2 Å². The summed E-state index contributed by atoms with van der Waals surface area (Å²) in [6.07, 6.45) is 3.43. The summed E-state index contributed by atoms with van der Waals surface area (Å²) in [7, 11) is -15.9. The van der Waals surface area contributed by atoms with Crippen LogP contribution >= 0.6 is 0 Å². The van der Waals surface area contributed by atoms with E-state index in [4.69, 9.17) is 8.37 Å². The fourth-order valence-electron chi connectivity index (χ4n) is 10.6. The van der Waals surface area contributed by atoms with E-state index in [9.17, 15) is 38.9 Å². The summed E-state index contributed by atoms with van der Waals surface area (Å²) in [4.78, 5) is 0. The zero-order valence-electron chi connectivity index (χ0n) is 30.2. The van der Waals surface area contributed by atoms with E-state index in [-0.39, 0.29) is 131 Å². The van der Waals surface area contributed by atoms with Crippen molar-refractivity contribution in [1.82, 2.24) is 0 Å². The van der Waals surface area contributed by atoms with Gasteiger partial charge in [0.05, 0.1) is 6.10 Å². The zero-order valence-corrected chi connectivity index (χ0v) is 38.6. The fraction of sp³-hybridized carbons (Fsp3) is 0.933. The summed E-state index contributed by atoms with van der Waals surface area (Å²) >= 11 is 0. The molecule has 262 valence electrons. The van der Waals surface area contributed by atoms with Crippen molar-refractivity contribution in [2.24, 2.45) is 64.1 Å². The van der Waals surface area contributed by atoms with Gasteiger partial charge in [-0.2, -0.15) is 0 Å². The normalized spacial score (nSPS) is 37.6. The Morgan fingerprint density at radius 2 is 1.10 bits per heavy atom. The molecule has 0 aromatic rings.